The van der Waals surface area contributed by atoms with Crippen molar-refractivity contribution in [2.75, 3.05) is 27.9 Å². The van der Waals surface area contributed by atoms with Crippen LogP contribution in [0.1, 0.15) is 39.3 Å². The molecule has 2 unspecified atom stereocenters. The van der Waals surface area contributed by atoms with Crippen LogP contribution in [0.2, 0.25) is 0 Å². The van der Waals surface area contributed by atoms with E-state index in [1.807, 2.05) is 18.2 Å². The fraction of sp³-hybridized carbons (Fsp3) is 0.647. The van der Waals surface area contributed by atoms with Crippen molar-refractivity contribution in [2.24, 2.45) is 5.41 Å². The second-order valence-electron chi connectivity index (χ2n) is 6.20. The zero-order chi connectivity index (χ0) is 16.0. The van der Waals surface area contributed by atoms with E-state index in [4.69, 9.17) is 14.2 Å². The normalized spacial score (nSPS) is 14.6. The number of benzene rings is 1. The number of hydrogen-bond donors (Lipinski definition) is 1. The smallest absolute Gasteiger partial charge is 0.122 e. The highest BCUT2D eigenvalue weighted by atomic mass is 16.5. The minimum atomic E-state index is 0.0118. The summed E-state index contributed by atoms with van der Waals surface area (Å²) in [5.74, 6) is 1.58. The van der Waals surface area contributed by atoms with Gasteiger partial charge < -0.3 is 19.5 Å². The molecular weight excluding hydrogens is 266 g/mol. The molecule has 4 heteroatoms. The van der Waals surface area contributed by atoms with Gasteiger partial charge in [0.15, 0.2) is 0 Å². The number of ether oxygens (including phenoxy) is 3. The van der Waals surface area contributed by atoms with Gasteiger partial charge in [-0.2, -0.15) is 0 Å². The number of rotatable bonds is 7. The number of nitrogens with one attached hydrogen (secondary N) is 1. The number of likely N-dealkylation sites (N-methyl/N-ethyl adjacent to an activating group) is 1. The molecule has 1 rings (SSSR count). The first-order valence-corrected chi connectivity index (χ1v) is 7.36. The Bertz CT molecular complexity index is 418. The van der Waals surface area contributed by atoms with Crippen molar-refractivity contribution in [3.8, 4) is 11.5 Å². The first kappa shape index (κ1) is 17.8. The molecule has 0 amide bonds. The maximum atomic E-state index is 5.79. The molecule has 4 nitrogen and oxygen atoms in total. The molecule has 1 aromatic rings. The average Bonchev–Trinajstić information content (AvgIpc) is 2.45. The van der Waals surface area contributed by atoms with Crippen LogP contribution < -0.4 is 14.8 Å². The number of hydrogen-bond acceptors (Lipinski definition) is 4. The van der Waals surface area contributed by atoms with Gasteiger partial charge in [0, 0.05) is 13.2 Å². The van der Waals surface area contributed by atoms with Crippen molar-refractivity contribution in [3.63, 3.8) is 0 Å². The van der Waals surface area contributed by atoms with E-state index < -0.39 is 0 Å². The van der Waals surface area contributed by atoms with Gasteiger partial charge in [0.05, 0.1) is 26.4 Å². The predicted molar refractivity (Wildman–Crippen MR) is 86.2 cm³/mol. The average molecular weight is 295 g/mol. The van der Waals surface area contributed by atoms with Crippen LogP contribution in [-0.4, -0.2) is 34.0 Å². The molecule has 0 aliphatic heterocycles. The Kier molecular flexibility index (Phi) is 6.49. The first-order valence-electron chi connectivity index (χ1n) is 7.36. The molecule has 0 heterocycles. The third-order valence-electron chi connectivity index (χ3n) is 3.57. The molecule has 0 aromatic heterocycles. The molecule has 0 aliphatic carbocycles. The van der Waals surface area contributed by atoms with E-state index >= 15 is 0 Å². The van der Waals surface area contributed by atoms with Crippen LogP contribution in [0.15, 0.2) is 18.2 Å². The minimum absolute atomic E-state index is 0.0118. The van der Waals surface area contributed by atoms with Crippen LogP contribution in [0.4, 0.5) is 0 Å². The third-order valence-corrected chi connectivity index (χ3v) is 3.57. The lowest BCUT2D eigenvalue weighted by Crippen LogP contribution is -2.41. The summed E-state index contributed by atoms with van der Waals surface area (Å²) >= 11 is 0. The Labute approximate surface area is 128 Å². The Balaban J connectivity index is 3.26. The molecule has 120 valence electrons. The SMILES string of the molecule is CCNC(c1cc(OC)cc(OC)c1)C(OC)C(C)(C)C. The molecular formula is C17H29NO3. The minimum Gasteiger partial charge on any atom is -0.497 e. The van der Waals surface area contributed by atoms with Gasteiger partial charge in [-0.1, -0.05) is 27.7 Å². The van der Waals surface area contributed by atoms with Gasteiger partial charge in [0.1, 0.15) is 11.5 Å². The molecule has 0 fully saturated rings. The largest absolute Gasteiger partial charge is 0.497 e. The first-order chi connectivity index (χ1) is 9.87. The van der Waals surface area contributed by atoms with Crippen LogP contribution >= 0.6 is 0 Å². The third kappa shape index (κ3) is 4.61. The van der Waals surface area contributed by atoms with E-state index in [-0.39, 0.29) is 17.6 Å². The van der Waals surface area contributed by atoms with Crippen LogP contribution in [0.3, 0.4) is 0 Å². The maximum Gasteiger partial charge on any atom is 0.122 e. The molecule has 1 N–H and O–H groups in total. The highest BCUT2D eigenvalue weighted by Crippen LogP contribution is 2.35. The highest BCUT2D eigenvalue weighted by Gasteiger charge is 2.33. The summed E-state index contributed by atoms with van der Waals surface area (Å²) in [7, 11) is 5.09. The van der Waals surface area contributed by atoms with Crippen LogP contribution in [-0.2, 0) is 4.74 Å². The quantitative estimate of drug-likeness (QED) is 0.836. The fourth-order valence-corrected chi connectivity index (χ4v) is 2.62. The van der Waals surface area contributed by atoms with Gasteiger partial charge in [-0.05, 0) is 29.7 Å². The van der Waals surface area contributed by atoms with Gasteiger partial charge >= 0.3 is 0 Å². The van der Waals surface area contributed by atoms with Gasteiger partial charge in [0.2, 0.25) is 0 Å². The zero-order valence-electron chi connectivity index (χ0n) is 14.3. The molecule has 0 spiro atoms. The van der Waals surface area contributed by atoms with E-state index in [1.165, 1.54) is 0 Å². The predicted octanol–water partition coefficient (Wildman–Crippen LogP) is 3.42. The van der Waals surface area contributed by atoms with Gasteiger partial charge in [-0.15, -0.1) is 0 Å². The molecule has 2 atom stereocenters. The number of methoxy groups -OCH3 is 3. The van der Waals surface area contributed by atoms with Crippen molar-refractivity contribution in [1.29, 1.82) is 0 Å². The molecule has 0 saturated carbocycles. The van der Waals surface area contributed by atoms with Crippen LogP contribution in [0, 0.1) is 5.41 Å². The van der Waals surface area contributed by atoms with Crippen molar-refractivity contribution >= 4 is 0 Å². The van der Waals surface area contributed by atoms with Crippen molar-refractivity contribution in [3.05, 3.63) is 23.8 Å². The molecule has 1 aromatic carbocycles. The summed E-state index contributed by atoms with van der Waals surface area (Å²) in [6.45, 7) is 9.51. The summed E-state index contributed by atoms with van der Waals surface area (Å²) in [6, 6.07) is 6.02. The van der Waals surface area contributed by atoms with E-state index in [0.29, 0.717) is 0 Å². The monoisotopic (exact) mass is 295 g/mol. The van der Waals surface area contributed by atoms with E-state index in [0.717, 1.165) is 23.6 Å². The van der Waals surface area contributed by atoms with E-state index in [9.17, 15) is 0 Å². The Morgan fingerprint density at radius 3 is 1.86 bits per heavy atom. The van der Waals surface area contributed by atoms with Gasteiger partial charge in [0.25, 0.3) is 0 Å². The Hall–Kier alpha value is -1.26. The second kappa shape index (κ2) is 7.66. The molecule has 0 bridgehead atoms. The topological polar surface area (TPSA) is 39.7 Å². The second-order valence-corrected chi connectivity index (χ2v) is 6.20. The van der Waals surface area contributed by atoms with E-state index in [2.05, 4.69) is 33.0 Å². The molecule has 21 heavy (non-hydrogen) atoms. The fourth-order valence-electron chi connectivity index (χ4n) is 2.62. The summed E-state index contributed by atoms with van der Waals surface area (Å²) in [6.07, 6.45) is 0.0364. The van der Waals surface area contributed by atoms with Crippen molar-refractivity contribution in [2.45, 2.75) is 39.8 Å². The summed E-state index contributed by atoms with van der Waals surface area (Å²) in [5.41, 5.74) is 1.12. The van der Waals surface area contributed by atoms with Crippen molar-refractivity contribution in [1.82, 2.24) is 5.32 Å². The molecule has 0 aliphatic rings. The lowest BCUT2D eigenvalue weighted by Gasteiger charge is -2.36. The summed E-state index contributed by atoms with van der Waals surface area (Å²) < 4.78 is 16.5. The summed E-state index contributed by atoms with van der Waals surface area (Å²) in [5, 5.41) is 3.52. The Morgan fingerprint density at radius 2 is 1.52 bits per heavy atom. The summed E-state index contributed by atoms with van der Waals surface area (Å²) in [4.78, 5) is 0. The van der Waals surface area contributed by atoms with E-state index in [1.54, 1.807) is 21.3 Å². The Morgan fingerprint density at radius 1 is 1.00 bits per heavy atom. The van der Waals surface area contributed by atoms with Gasteiger partial charge in [-0.3, -0.25) is 0 Å². The molecule has 0 saturated heterocycles. The van der Waals surface area contributed by atoms with Crippen LogP contribution in [0.25, 0.3) is 0 Å². The maximum absolute atomic E-state index is 5.79. The lowest BCUT2D eigenvalue weighted by atomic mass is 9.82. The lowest BCUT2D eigenvalue weighted by molar-refractivity contribution is -0.0116. The highest BCUT2D eigenvalue weighted by molar-refractivity contribution is 5.40. The zero-order valence-corrected chi connectivity index (χ0v) is 14.3. The molecule has 0 radical (unpaired) electrons. The van der Waals surface area contributed by atoms with Crippen molar-refractivity contribution < 1.29 is 14.2 Å². The standard InChI is InChI=1S/C17H29NO3/c1-8-18-15(16(21-7)17(2,3)4)12-9-13(19-5)11-14(10-12)20-6/h9-11,15-16,18H,8H2,1-7H3. The van der Waals surface area contributed by atoms with Crippen LogP contribution in [0.5, 0.6) is 11.5 Å². The van der Waals surface area contributed by atoms with Gasteiger partial charge in [-0.25, -0.2) is 0 Å².